The average Bonchev–Trinajstić information content (AvgIpc) is 2.29. The number of nitrogen functional groups attached to an aromatic ring is 1. The molecule has 0 unspecified atom stereocenters. The number of nitrogens with zero attached hydrogens (tertiary/aromatic N) is 1. The van der Waals surface area contributed by atoms with Crippen molar-refractivity contribution in [3.8, 4) is 0 Å². The van der Waals surface area contributed by atoms with Crippen LogP contribution in [0, 0.1) is 0 Å². The molecule has 1 aromatic rings. The van der Waals surface area contributed by atoms with E-state index in [4.69, 9.17) is 5.73 Å². The van der Waals surface area contributed by atoms with Gasteiger partial charge in [-0.2, -0.15) is 13.1 Å². The molecule has 4 nitrogen and oxygen atoms in total. The zero-order valence-electron chi connectivity index (χ0n) is 8.94. The minimum absolute atomic E-state index is 0.0725. The van der Waals surface area contributed by atoms with E-state index in [1.165, 1.54) is 0 Å². The zero-order chi connectivity index (χ0) is 12.6. The quantitative estimate of drug-likeness (QED) is 0.814. The average molecular weight is 262 g/mol. The monoisotopic (exact) mass is 262 g/mol. The van der Waals surface area contributed by atoms with Crippen molar-refractivity contribution < 1.29 is 17.2 Å². The second-order valence-electron chi connectivity index (χ2n) is 3.87. The van der Waals surface area contributed by atoms with E-state index in [1.54, 1.807) is 12.1 Å². The Morgan fingerprint density at radius 1 is 1.35 bits per heavy atom. The first-order valence-corrected chi connectivity index (χ1v) is 6.56. The highest BCUT2D eigenvalue weighted by Crippen LogP contribution is 2.27. The third-order valence-electron chi connectivity index (χ3n) is 2.86. The molecule has 0 aromatic heterocycles. The van der Waals surface area contributed by atoms with Crippen LogP contribution < -0.4 is 5.73 Å². The van der Waals surface area contributed by atoms with Crippen LogP contribution in [0.2, 0.25) is 0 Å². The molecule has 0 radical (unpaired) electrons. The molecule has 0 bridgehead atoms. The Hall–Kier alpha value is -1.21. The number of hydrogen-bond donors (Lipinski definition) is 1. The molecule has 0 spiro atoms. The Morgan fingerprint density at radius 3 is 2.71 bits per heavy atom. The highest BCUT2D eigenvalue weighted by atomic mass is 32.2. The number of benzene rings is 1. The van der Waals surface area contributed by atoms with Gasteiger partial charge >= 0.3 is 5.76 Å². The van der Waals surface area contributed by atoms with Gasteiger partial charge in [-0.1, -0.05) is 12.1 Å². The summed E-state index contributed by atoms with van der Waals surface area (Å²) in [6.07, 6.45) is 0.409. The first kappa shape index (κ1) is 12.3. The molecule has 94 valence electrons. The maximum Gasteiger partial charge on any atom is 0.350 e. The fourth-order valence-corrected chi connectivity index (χ4v) is 2.79. The van der Waals surface area contributed by atoms with Gasteiger partial charge < -0.3 is 5.73 Å². The van der Waals surface area contributed by atoms with Crippen LogP contribution >= 0.6 is 0 Å². The van der Waals surface area contributed by atoms with Crippen molar-refractivity contribution in [2.75, 3.05) is 12.3 Å². The van der Waals surface area contributed by atoms with Crippen LogP contribution in [0.3, 0.4) is 0 Å². The molecule has 0 amide bonds. The minimum Gasteiger partial charge on any atom is -0.398 e. The second kappa shape index (κ2) is 4.23. The lowest BCUT2D eigenvalue weighted by Gasteiger charge is -2.28. The summed E-state index contributed by atoms with van der Waals surface area (Å²) >= 11 is 0. The predicted molar refractivity (Wildman–Crippen MR) is 59.9 cm³/mol. The maximum atomic E-state index is 12.4. The number of hydrogen-bond acceptors (Lipinski definition) is 3. The summed E-state index contributed by atoms with van der Waals surface area (Å²) < 4.78 is 48.3. The fourth-order valence-electron chi connectivity index (χ4n) is 1.91. The lowest BCUT2D eigenvalue weighted by molar-refractivity contribution is 0.216. The molecule has 2 rings (SSSR count). The Morgan fingerprint density at radius 2 is 2.06 bits per heavy atom. The molecule has 1 aliphatic rings. The van der Waals surface area contributed by atoms with Gasteiger partial charge in [0, 0.05) is 18.8 Å². The summed E-state index contributed by atoms with van der Waals surface area (Å²) in [4.78, 5) is 0. The first-order chi connectivity index (χ1) is 7.93. The van der Waals surface area contributed by atoms with Crippen molar-refractivity contribution in [2.24, 2.45) is 0 Å². The standard InChI is InChI=1S/C10H12F2N2O2S/c11-10(12)17(15,16)14-5-4-7-2-1-3-9(13)8(7)6-14/h1-3,10H,4-6,13H2. The van der Waals surface area contributed by atoms with Crippen LogP contribution in [-0.4, -0.2) is 25.0 Å². The van der Waals surface area contributed by atoms with Gasteiger partial charge in [0.1, 0.15) is 0 Å². The zero-order valence-corrected chi connectivity index (χ0v) is 9.75. The molecule has 0 aliphatic carbocycles. The third-order valence-corrected chi connectivity index (χ3v) is 4.34. The highest BCUT2D eigenvalue weighted by Gasteiger charge is 2.34. The summed E-state index contributed by atoms with van der Waals surface area (Å²) in [5.41, 5.74) is 7.71. The molecule has 7 heteroatoms. The molecule has 0 saturated heterocycles. The highest BCUT2D eigenvalue weighted by molar-refractivity contribution is 7.89. The second-order valence-corrected chi connectivity index (χ2v) is 5.78. The van der Waals surface area contributed by atoms with E-state index in [1.807, 2.05) is 6.07 Å². The van der Waals surface area contributed by atoms with Gasteiger partial charge in [0.2, 0.25) is 0 Å². The normalized spacial score (nSPS) is 17.1. The summed E-state index contributed by atoms with van der Waals surface area (Å²) in [5, 5.41) is 0. The van der Waals surface area contributed by atoms with Crippen molar-refractivity contribution in [1.29, 1.82) is 0 Å². The smallest absolute Gasteiger partial charge is 0.350 e. The van der Waals surface area contributed by atoms with Gasteiger partial charge in [0.25, 0.3) is 10.0 Å². The molecule has 0 atom stereocenters. The summed E-state index contributed by atoms with van der Waals surface area (Å²) in [6, 6.07) is 5.24. The van der Waals surface area contributed by atoms with Crippen LogP contribution in [0.25, 0.3) is 0 Å². The fraction of sp³-hybridized carbons (Fsp3) is 0.400. The van der Waals surface area contributed by atoms with E-state index in [-0.39, 0.29) is 13.1 Å². The van der Waals surface area contributed by atoms with E-state index >= 15 is 0 Å². The summed E-state index contributed by atoms with van der Waals surface area (Å²) in [5.74, 6) is -3.38. The Kier molecular flexibility index (Phi) is 3.05. The number of sulfonamides is 1. The van der Waals surface area contributed by atoms with E-state index in [2.05, 4.69) is 0 Å². The van der Waals surface area contributed by atoms with Crippen LogP contribution in [0.5, 0.6) is 0 Å². The lowest BCUT2D eigenvalue weighted by atomic mass is 10.00. The van der Waals surface area contributed by atoms with Gasteiger partial charge in [-0.15, -0.1) is 0 Å². The number of rotatable bonds is 2. The molecular weight excluding hydrogens is 250 g/mol. The molecule has 1 aliphatic heterocycles. The summed E-state index contributed by atoms with van der Waals surface area (Å²) in [6.45, 7) is -0.00218. The predicted octanol–water partition coefficient (Wildman–Crippen LogP) is 1.18. The molecular formula is C10H12F2N2O2S. The number of halogens is 2. The van der Waals surface area contributed by atoms with Gasteiger partial charge in [-0.05, 0) is 23.6 Å². The molecule has 2 N–H and O–H groups in total. The molecule has 17 heavy (non-hydrogen) atoms. The van der Waals surface area contributed by atoms with Crippen molar-refractivity contribution in [2.45, 2.75) is 18.7 Å². The van der Waals surface area contributed by atoms with Crippen LogP contribution in [-0.2, 0) is 23.0 Å². The topological polar surface area (TPSA) is 63.4 Å². The lowest BCUT2D eigenvalue weighted by Crippen LogP contribution is -2.39. The van der Waals surface area contributed by atoms with E-state index in [0.717, 1.165) is 9.87 Å². The SMILES string of the molecule is Nc1cccc2c1CN(S(=O)(=O)C(F)F)CC2. The van der Waals surface area contributed by atoms with Gasteiger partial charge in [-0.25, -0.2) is 8.42 Å². The van der Waals surface area contributed by atoms with Gasteiger partial charge in [-0.3, -0.25) is 0 Å². The summed E-state index contributed by atoms with van der Waals surface area (Å²) in [7, 11) is -4.51. The maximum absolute atomic E-state index is 12.4. The Labute approximate surface area is 98.1 Å². The largest absolute Gasteiger partial charge is 0.398 e. The van der Waals surface area contributed by atoms with Crippen LogP contribution in [0.4, 0.5) is 14.5 Å². The number of alkyl halides is 2. The Balaban J connectivity index is 2.34. The van der Waals surface area contributed by atoms with Gasteiger partial charge in [0.15, 0.2) is 0 Å². The van der Waals surface area contributed by atoms with Crippen LogP contribution in [0.15, 0.2) is 18.2 Å². The van der Waals surface area contributed by atoms with E-state index in [9.17, 15) is 17.2 Å². The van der Waals surface area contributed by atoms with Crippen molar-refractivity contribution in [3.05, 3.63) is 29.3 Å². The van der Waals surface area contributed by atoms with Gasteiger partial charge in [0.05, 0.1) is 0 Å². The molecule has 1 aromatic carbocycles. The molecule has 1 heterocycles. The van der Waals surface area contributed by atoms with E-state index < -0.39 is 15.8 Å². The number of nitrogens with two attached hydrogens (primary N) is 1. The molecule has 0 fully saturated rings. The molecule has 0 saturated carbocycles. The number of fused-ring (bicyclic) bond motifs is 1. The van der Waals surface area contributed by atoms with Crippen molar-refractivity contribution >= 4 is 15.7 Å². The number of anilines is 1. The Bertz CT molecular complexity index is 531. The first-order valence-electron chi connectivity index (χ1n) is 5.06. The van der Waals surface area contributed by atoms with Crippen LogP contribution in [0.1, 0.15) is 11.1 Å². The van der Waals surface area contributed by atoms with Crippen molar-refractivity contribution in [1.82, 2.24) is 4.31 Å². The van der Waals surface area contributed by atoms with E-state index in [0.29, 0.717) is 17.7 Å². The minimum atomic E-state index is -4.51. The third kappa shape index (κ3) is 2.12. The van der Waals surface area contributed by atoms with Crippen molar-refractivity contribution in [3.63, 3.8) is 0 Å².